The second-order valence-corrected chi connectivity index (χ2v) is 3.37. The van der Waals surface area contributed by atoms with Crippen molar-refractivity contribution in [1.29, 1.82) is 0 Å². The lowest BCUT2D eigenvalue weighted by Crippen LogP contribution is -1.77. The quantitative estimate of drug-likeness (QED) is 0.595. The fraction of sp³-hybridized carbons (Fsp3) is 0.154. The largest absolute Gasteiger partial charge is 0.261 e. The van der Waals surface area contributed by atoms with Crippen LogP contribution in [0.15, 0.2) is 41.4 Å². The van der Waals surface area contributed by atoms with Crippen LogP contribution in [0.2, 0.25) is 0 Å². The Morgan fingerprint density at radius 3 is 2.36 bits per heavy atom. The third-order valence-corrected chi connectivity index (χ3v) is 2.33. The van der Waals surface area contributed by atoms with Crippen molar-refractivity contribution in [3.63, 3.8) is 0 Å². The summed E-state index contributed by atoms with van der Waals surface area (Å²) in [6.07, 6.45) is 1.83. The molecule has 0 bridgehead atoms. The number of fused-ring (bicyclic) bond motifs is 1. The van der Waals surface area contributed by atoms with Crippen molar-refractivity contribution in [2.75, 3.05) is 0 Å². The highest BCUT2D eigenvalue weighted by molar-refractivity contribution is 5.87. The maximum absolute atomic E-state index is 4.33. The van der Waals surface area contributed by atoms with Crippen molar-refractivity contribution in [1.82, 2.24) is 0 Å². The summed E-state index contributed by atoms with van der Waals surface area (Å²) in [5.41, 5.74) is 2.29. The van der Waals surface area contributed by atoms with Crippen LogP contribution in [-0.4, -0.2) is 6.21 Å². The van der Waals surface area contributed by atoms with Gasteiger partial charge in [0.25, 0.3) is 0 Å². The Morgan fingerprint density at radius 2 is 1.71 bits per heavy atom. The van der Waals surface area contributed by atoms with Crippen molar-refractivity contribution in [3.8, 4) is 0 Å². The molecule has 0 N–H and O–H groups in total. The Hall–Kier alpha value is -1.63. The highest BCUT2D eigenvalue weighted by Crippen LogP contribution is 2.25. The summed E-state index contributed by atoms with van der Waals surface area (Å²) in [5, 5.41) is 2.53. The van der Waals surface area contributed by atoms with Crippen LogP contribution in [0.25, 0.3) is 10.8 Å². The zero-order valence-corrected chi connectivity index (χ0v) is 8.49. The highest BCUT2D eigenvalue weighted by Gasteiger charge is 1.98. The monoisotopic (exact) mass is 183 g/mol. The van der Waals surface area contributed by atoms with E-state index in [0.29, 0.717) is 0 Å². The molecule has 2 aromatic carbocycles. The van der Waals surface area contributed by atoms with Gasteiger partial charge in [0.2, 0.25) is 0 Å². The average molecular weight is 183 g/mol. The number of aryl methyl sites for hydroxylation is 1. The molecule has 0 amide bonds. The third kappa shape index (κ3) is 1.53. The summed E-state index contributed by atoms with van der Waals surface area (Å²) in [6, 6.07) is 12.7. The van der Waals surface area contributed by atoms with Gasteiger partial charge < -0.3 is 0 Å². The van der Waals surface area contributed by atoms with Gasteiger partial charge in [0.1, 0.15) is 0 Å². The molecule has 0 aliphatic heterocycles. The number of hydrogen-bond donors (Lipinski definition) is 0. The molecule has 70 valence electrons. The minimum atomic E-state index is 1.06. The summed E-state index contributed by atoms with van der Waals surface area (Å²) in [7, 11) is 0. The molecular weight excluding hydrogens is 170 g/mol. The second-order valence-electron chi connectivity index (χ2n) is 3.37. The summed E-state index contributed by atoms with van der Waals surface area (Å²) in [5.74, 6) is 0. The second kappa shape index (κ2) is 3.62. The maximum atomic E-state index is 4.33. The van der Waals surface area contributed by atoms with Gasteiger partial charge in [-0.3, -0.25) is 4.99 Å². The standard InChI is InChI=1S/C13H13N/c1-3-14-13-9-12-7-5-4-6-11(12)8-10(13)2/h3-9H,1-2H3. The predicted molar refractivity (Wildman–Crippen MR) is 62.5 cm³/mol. The van der Waals surface area contributed by atoms with Crippen molar-refractivity contribution >= 4 is 22.7 Å². The first-order valence-corrected chi connectivity index (χ1v) is 4.79. The molecular formula is C13H13N. The molecule has 0 radical (unpaired) electrons. The molecule has 0 atom stereocenters. The molecule has 0 saturated carbocycles. The zero-order valence-electron chi connectivity index (χ0n) is 8.49. The van der Waals surface area contributed by atoms with Crippen LogP contribution in [0.1, 0.15) is 12.5 Å². The lowest BCUT2D eigenvalue weighted by molar-refractivity contribution is 1.42. The lowest BCUT2D eigenvalue weighted by atomic mass is 10.1. The van der Waals surface area contributed by atoms with Crippen LogP contribution in [0, 0.1) is 6.92 Å². The first-order valence-electron chi connectivity index (χ1n) is 4.79. The van der Waals surface area contributed by atoms with Gasteiger partial charge in [-0.05, 0) is 42.3 Å². The molecule has 0 heterocycles. The van der Waals surface area contributed by atoms with Crippen molar-refractivity contribution < 1.29 is 0 Å². The van der Waals surface area contributed by atoms with Gasteiger partial charge in [-0.2, -0.15) is 0 Å². The molecule has 14 heavy (non-hydrogen) atoms. The Kier molecular flexibility index (Phi) is 2.32. The Labute approximate surface area is 84.1 Å². The third-order valence-electron chi connectivity index (χ3n) is 2.33. The van der Waals surface area contributed by atoms with E-state index >= 15 is 0 Å². The predicted octanol–water partition coefficient (Wildman–Crippen LogP) is 3.87. The number of aliphatic imine (C=N–C) groups is 1. The van der Waals surface area contributed by atoms with Crippen LogP contribution in [0.3, 0.4) is 0 Å². The maximum Gasteiger partial charge on any atom is 0.0661 e. The Bertz CT molecular complexity index is 484. The number of benzene rings is 2. The normalized spacial score (nSPS) is 11.3. The smallest absolute Gasteiger partial charge is 0.0661 e. The van der Waals surface area contributed by atoms with E-state index in [-0.39, 0.29) is 0 Å². The van der Waals surface area contributed by atoms with Crippen LogP contribution in [0.5, 0.6) is 0 Å². The van der Waals surface area contributed by atoms with E-state index in [2.05, 4.69) is 48.3 Å². The van der Waals surface area contributed by atoms with Gasteiger partial charge in [0.05, 0.1) is 5.69 Å². The molecule has 0 saturated heterocycles. The van der Waals surface area contributed by atoms with Gasteiger partial charge in [0.15, 0.2) is 0 Å². The Balaban J connectivity index is 2.70. The summed E-state index contributed by atoms with van der Waals surface area (Å²) in [4.78, 5) is 4.33. The van der Waals surface area contributed by atoms with Gasteiger partial charge in [0, 0.05) is 6.21 Å². The van der Waals surface area contributed by atoms with E-state index < -0.39 is 0 Å². The van der Waals surface area contributed by atoms with Crippen LogP contribution >= 0.6 is 0 Å². The van der Waals surface area contributed by atoms with Crippen molar-refractivity contribution in [2.24, 2.45) is 4.99 Å². The molecule has 0 fully saturated rings. The molecule has 0 spiro atoms. The molecule has 0 unspecified atom stereocenters. The number of hydrogen-bond acceptors (Lipinski definition) is 1. The van der Waals surface area contributed by atoms with Crippen molar-refractivity contribution in [2.45, 2.75) is 13.8 Å². The van der Waals surface area contributed by atoms with E-state index in [4.69, 9.17) is 0 Å². The van der Waals surface area contributed by atoms with Gasteiger partial charge in [-0.1, -0.05) is 24.3 Å². The van der Waals surface area contributed by atoms with Gasteiger partial charge >= 0.3 is 0 Å². The molecule has 0 aromatic heterocycles. The summed E-state index contributed by atoms with van der Waals surface area (Å²) < 4.78 is 0. The van der Waals surface area contributed by atoms with E-state index in [1.54, 1.807) is 0 Å². The molecule has 1 heteroatoms. The summed E-state index contributed by atoms with van der Waals surface area (Å²) in [6.45, 7) is 4.03. The van der Waals surface area contributed by atoms with E-state index in [0.717, 1.165) is 5.69 Å². The minimum Gasteiger partial charge on any atom is -0.261 e. The average Bonchev–Trinajstić information content (AvgIpc) is 2.19. The fourth-order valence-electron chi connectivity index (χ4n) is 1.62. The van der Waals surface area contributed by atoms with Crippen molar-refractivity contribution in [3.05, 3.63) is 42.0 Å². The van der Waals surface area contributed by atoms with Crippen LogP contribution in [-0.2, 0) is 0 Å². The fourth-order valence-corrected chi connectivity index (χ4v) is 1.62. The highest BCUT2D eigenvalue weighted by atomic mass is 14.7. The first kappa shape index (κ1) is 8.95. The van der Waals surface area contributed by atoms with E-state index in [9.17, 15) is 0 Å². The van der Waals surface area contributed by atoms with E-state index in [1.165, 1.54) is 16.3 Å². The zero-order chi connectivity index (χ0) is 9.97. The Morgan fingerprint density at radius 1 is 1.07 bits per heavy atom. The topological polar surface area (TPSA) is 12.4 Å². The molecule has 2 aromatic rings. The number of rotatable bonds is 1. The number of nitrogens with zero attached hydrogens (tertiary/aromatic N) is 1. The first-order chi connectivity index (χ1) is 6.81. The lowest BCUT2D eigenvalue weighted by Gasteiger charge is -2.03. The molecule has 2 rings (SSSR count). The van der Waals surface area contributed by atoms with Gasteiger partial charge in [-0.25, -0.2) is 0 Å². The SMILES string of the molecule is CC=Nc1cc2ccccc2cc1C. The van der Waals surface area contributed by atoms with Crippen LogP contribution in [0.4, 0.5) is 5.69 Å². The molecule has 1 nitrogen and oxygen atoms in total. The van der Waals surface area contributed by atoms with E-state index in [1.807, 2.05) is 13.1 Å². The molecule has 0 aliphatic rings. The minimum absolute atomic E-state index is 1.06. The molecule has 0 aliphatic carbocycles. The van der Waals surface area contributed by atoms with Gasteiger partial charge in [-0.15, -0.1) is 0 Å². The van der Waals surface area contributed by atoms with Crippen LogP contribution < -0.4 is 0 Å². The summed E-state index contributed by atoms with van der Waals surface area (Å²) >= 11 is 0.